The molecule has 0 bridgehead atoms. The third-order valence-corrected chi connectivity index (χ3v) is 7.20. The Labute approximate surface area is 238 Å². The van der Waals surface area contributed by atoms with Gasteiger partial charge in [-0.05, 0) is 66.9 Å². The minimum absolute atomic E-state index is 0.0000978. The number of carbonyl (C=O) groups is 2. The first kappa shape index (κ1) is 27.0. The van der Waals surface area contributed by atoms with Gasteiger partial charge in [-0.3, -0.25) is 14.5 Å². The molecule has 0 spiro atoms. The van der Waals surface area contributed by atoms with Crippen LogP contribution in [0.1, 0.15) is 33.9 Å². The molecule has 0 aliphatic carbocycles. The maximum absolute atomic E-state index is 13.5. The van der Waals surface area contributed by atoms with Crippen molar-refractivity contribution >= 4 is 34.7 Å². The van der Waals surface area contributed by atoms with Gasteiger partial charge in [-0.15, -0.1) is 0 Å². The van der Waals surface area contributed by atoms with E-state index in [1.165, 1.54) is 12.0 Å². The zero-order chi connectivity index (χ0) is 28.4. The number of methoxy groups -OCH3 is 1. The largest absolute Gasteiger partial charge is 0.507 e. The lowest BCUT2D eigenvalue weighted by Crippen LogP contribution is -2.29. The molecule has 1 aliphatic rings. The van der Waals surface area contributed by atoms with Gasteiger partial charge < -0.3 is 14.6 Å². The molecule has 1 atom stereocenters. The number of halogens is 1. The molecule has 0 aromatic heterocycles. The first-order valence-corrected chi connectivity index (χ1v) is 13.1. The van der Waals surface area contributed by atoms with E-state index in [0.717, 1.165) is 16.7 Å². The molecular weight excluding hydrogens is 526 g/mol. The fraction of sp³-hybridized carbons (Fsp3) is 0.152. The summed E-state index contributed by atoms with van der Waals surface area (Å²) in [4.78, 5) is 28.3. The Bertz CT molecular complexity index is 1630. The predicted octanol–water partition coefficient (Wildman–Crippen LogP) is 7.17. The summed E-state index contributed by atoms with van der Waals surface area (Å²) >= 11 is 6.38. The average Bonchev–Trinajstić information content (AvgIpc) is 3.22. The van der Waals surface area contributed by atoms with Crippen LogP contribution < -0.4 is 14.4 Å². The molecule has 6 nitrogen and oxygen atoms in total. The van der Waals surface area contributed by atoms with E-state index in [-0.39, 0.29) is 11.3 Å². The Morgan fingerprint density at radius 1 is 0.900 bits per heavy atom. The lowest BCUT2D eigenvalue weighted by Gasteiger charge is -2.26. The fourth-order valence-corrected chi connectivity index (χ4v) is 5.16. The van der Waals surface area contributed by atoms with Crippen molar-refractivity contribution in [1.29, 1.82) is 0 Å². The van der Waals surface area contributed by atoms with E-state index >= 15 is 0 Å². The normalized spacial score (nSPS) is 16.3. The first-order valence-electron chi connectivity index (χ1n) is 12.8. The van der Waals surface area contributed by atoms with Crippen LogP contribution in [0.2, 0.25) is 5.02 Å². The second kappa shape index (κ2) is 11.3. The van der Waals surface area contributed by atoms with Crippen LogP contribution in [0.25, 0.3) is 5.76 Å². The minimum atomic E-state index is -0.862. The summed E-state index contributed by atoms with van der Waals surface area (Å²) in [5, 5.41) is 11.8. The maximum Gasteiger partial charge on any atom is 0.300 e. The van der Waals surface area contributed by atoms with Crippen molar-refractivity contribution in [2.24, 2.45) is 0 Å². The van der Waals surface area contributed by atoms with Crippen LogP contribution in [0, 0.1) is 13.8 Å². The highest BCUT2D eigenvalue weighted by molar-refractivity contribution is 6.51. The number of nitrogens with zero attached hydrogens (tertiary/aromatic N) is 1. The van der Waals surface area contributed by atoms with E-state index in [1.54, 1.807) is 36.4 Å². The van der Waals surface area contributed by atoms with Crippen LogP contribution in [-0.2, 0) is 16.2 Å². The molecule has 0 saturated carbocycles. The zero-order valence-electron chi connectivity index (χ0n) is 22.4. The highest BCUT2D eigenvalue weighted by atomic mass is 35.5. The van der Waals surface area contributed by atoms with Crippen LogP contribution >= 0.6 is 11.6 Å². The number of benzene rings is 4. The van der Waals surface area contributed by atoms with Gasteiger partial charge in [0.15, 0.2) is 0 Å². The predicted molar refractivity (Wildman–Crippen MR) is 156 cm³/mol. The van der Waals surface area contributed by atoms with Crippen molar-refractivity contribution in [1.82, 2.24) is 0 Å². The van der Waals surface area contributed by atoms with Crippen LogP contribution in [-0.4, -0.2) is 23.9 Å². The summed E-state index contributed by atoms with van der Waals surface area (Å²) < 4.78 is 11.2. The maximum atomic E-state index is 13.5. The standard InChI is InChI=1S/C33H28ClNO5/c1-20-8-7-11-23(16-20)30-29(32(37)33(38)35(30)25-13-15-28(39-3)26(34)18-25)31(36)24-12-14-27(21(2)17-24)40-19-22-9-5-4-6-10-22/h4-18,30,36H,19H2,1-3H3/b31-29+. The second-order valence-electron chi connectivity index (χ2n) is 9.66. The van der Waals surface area contributed by atoms with Gasteiger partial charge in [-0.1, -0.05) is 71.8 Å². The summed E-state index contributed by atoms with van der Waals surface area (Å²) in [5.41, 5.74) is 4.28. The highest BCUT2D eigenvalue weighted by Crippen LogP contribution is 2.44. The van der Waals surface area contributed by atoms with Crippen molar-refractivity contribution in [2.75, 3.05) is 12.0 Å². The number of hydrogen-bond donors (Lipinski definition) is 1. The molecule has 1 unspecified atom stereocenters. The molecule has 5 rings (SSSR count). The highest BCUT2D eigenvalue weighted by Gasteiger charge is 2.47. The molecule has 1 heterocycles. The van der Waals surface area contributed by atoms with E-state index in [9.17, 15) is 14.7 Å². The number of hydrogen-bond acceptors (Lipinski definition) is 5. The minimum Gasteiger partial charge on any atom is -0.507 e. The Kier molecular flexibility index (Phi) is 7.63. The van der Waals surface area contributed by atoms with Crippen molar-refractivity contribution in [3.05, 3.63) is 129 Å². The topological polar surface area (TPSA) is 76.1 Å². The number of ether oxygens (including phenoxy) is 2. The molecule has 1 fully saturated rings. The van der Waals surface area contributed by atoms with Crippen LogP contribution in [0.5, 0.6) is 11.5 Å². The quantitative estimate of drug-likeness (QED) is 0.149. The smallest absolute Gasteiger partial charge is 0.300 e. The van der Waals surface area contributed by atoms with Gasteiger partial charge in [0.25, 0.3) is 11.7 Å². The Balaban J connectivity index is 1.57. The number of Topliss-reactive ketones (excluding diaryl/α,β-unsaturated/α-hetero) is 1. The molecule has 1 saturated heterocycles. The molecule has 1 N–H and O–H groups in total. The zero-order valence-corrected chi connectivity index (χ0v) is 23.1. The van der Waals surface area contributed by atoms with Crippen molar-refractivity contribution in [2.45, 2.75) is 26.5 Å². The monoisotopic (exact) mass is 553 g/mol. The molecule has 1 aliphatic heterocycles. The van der Waals surface area contributed by atoms with E-state index in [4.69, 9.17) is 21.1 Å². The van der Waals surface area contributed by atoms with E-state index < -0.39 is 17.7 Å². The number of aryl methyl sites for hydroxylation is 2. The molecule has 7 heteroatoms. The number of rotatable bonds is 7. The molecule has 202 valence electrons. The Morgan fingerprint density at radius 3 is 2.33 bits per heavy atom. The average molecular weight is 554 g/mol. The molecule has 1 amide bonds. The molecule has 4 aromatic carbocycles. The molecule has 4 aromatic rings. The number of ketones is 1. The Morgan fingerprint density at radius 2 is 1.65 bits per heavy atom. The lowest BCUT2D eigenvalue weighted by molar-refractivity contribution is -0.132. The van der Waals surface area contributed by atoms with Gasteiger partial charge in [0.2, 0.25) is 0 Å². The van der Waals surface area contributed by atoms with Gasteiger partial charge >= 0.3 is 0 Å². The summed E-state index contributed by atoms with van der Waals surface area (Å²) in [6, 6.07) is 26.6. The number of anilines is 1. The van der Waals surface area contributed by atoms with Crippen molar-refractivity contribution < 1.29 is 24.2 Å². The number of carbonyl (C=O) groups excluding carboxylic acids is 2. The Hall–Kier alpha value is -4.55. The number of amides is 1. The summed E-state index contributed by atoms with van der Waals surface area (Å²) in [6.45, 7) is 4.19. The van der Waals surface area contributed by atoms with Crippen LogP contribution in [0.15, 0.2) is 96.6 Å². The molecule has 0 radical (unpaired) electrons. The van der Waals surface area contributed by atoms with Gasteiger partial charge in [0.1, 0.15) is 23.9 Å². The second-order valence-corrected chi connectivity index (χ2v) is 10.1. The summed E-state index contributed by atoms with van der Waals surface area (Å²) in [7, 11) is 1.50. The van der Waals surface area contributed by atoms with Crippen molar-refractivity contribution in [3.8, 4) is 11.5 Å². The number of aliphatic hydroxyl groups is 1. The van der Waals surface area contributed by atoms with Gasteiger partial charge in [0, 0.05) is 11.3 Å². The van der Waals surface area contributed by atoms with Crippen LogP contribution in [0.4, 0.5) is 5.69 Å². The van der Waals surface area contributed by atoms with Gasteiger partial charge in [-0.2, -0.15) is 0 Å². The SMILES string of the molecule is COc1ccc(N2C(=O)C(=O)/C(=C(/O)c3ccc(OCc4ccccc4)c(C)c3)C2c2cccc(C)c2)cc1Cl. The van der Waals surface area contributed by atoms with Gasteiger partial charge in [0.05, 0.1) is 23.7 Å². The van der Waals surface area contributed by atoms with E-state index in [2.05, 4.69) is 0 Å². The lowest BCUT2D eigenvalue weighted by atomic mass is 9.94. The fourth-order valence-electron chi connectivity index (χ4n) is 4.91. The molecule has 40 heavy (non-hydrogen) atoms. The third-order valence-electron chi connectivity index (χ3n) is 6.90. The number of aliphatic hydroxyl groups excluding tert-OH is 1. The van der Waals surface area contributed by atoms with Crippen LogP contribution in [0.3, 0.4) is 0 Å². The van der Waals surface area contributed by atoms with Gasteiger partial charge in [-0.25, -0.2) is 0 Å². The third kappa shape index (κ3) is 5.18. The van der Waals surface area contributed by atoms with E-state index in [0.29, 0.717) is 39.9 Å². The first-order chi connectivity index (χ1) is 19.3. The summed E-state index contributed by atoms with van der Waals surface area (Å²) in [6.07, 6.45) is 0. The molecular formula is C33H28ClNO5. The van der Waals surface area contributed by atoms with E-state index in [1.807, 2.05) is 68.4 Å². The summed E-state index contributed by atoms with van der Waals surface area (Å²) in [5.74, 6) is -0.695. The van der Waals surface area contributed by atoms with Crippen molar-refractivity contribution in [3.63, 3.8) is 0 Å².